The Kier molecular flexibility index (Phi) is 13.4. The van der Waals surface area contributed by atoms with Crippen LogP contribution in [-0.2, 0) is 0 Å². The van der Waals surface area contributed by atoms with Crippen molar-refractivity contribution in [2.45, 2.75) is 0 Å². The van der Waals surface area contributed by atoms with Crippen molar-refractivity contribution in [3.63, 3.8) is 0 Å². The van der Waals surface area contributed by atoms with E-state index in [1.54, 1.807) is 0 Å². The van der Waals surface area contributed by atoms with Gasteiger partial charge in [0.15, 0.2) is 11.4 Å². The summed E-state index contributed by atoms with van der Waals surface area (Å²) >= 11 is 0. The van der Waals surface area contributed by atoms with Crippen LogP contribution < -0.4 is 18.4 Å². The zero-order valence-corrected chi connectivity index (χ0v) is 16.9. The van der Waals surface area contributed by atoms with Crippen molar-refractivity contribution in [1.82, 2.24) is 8.97 Å². The molecule has 0 N–H and O–H groups in total. The molecule has 0 spiro atoms. The first-order valence-electron chi connectivity index (χ1n) is 9.07. The van der Waals surface area contributed by atoms with Crippen LogP contribution in [0.4, 0.5) is 11.4 Å². The normalized spacial score (nSPS) is 10.6. The summed E-state index contributed by atoms with van der Waals surface area (Å²) in [5, 5.41) is 0. The van der Waals surface area contributed by atoms with Gasteiger partial charge in [0.25, 0.3) is 0 Å². The third-order valence-corrected chi connectivity index (χ3v) is 4.78. The molecule has 0 fully saturated rings. The molecule has 0 radical (unpaired) electrons. The van der Waals surface area contributed by atoms with E-state index in [9.17, 15) is 0 Å². The second-order valence-electron chi connectivity index (χ2n) is 6.61. The standard InChI is InChI=1S/C24H34N2.2FH/c1-7-17-25(18-8-2,19-9-3)23-15-13-14-16-24(23)26(20-10-4,21-11-5)22-12-6;;/h7-16H,1-6,17-22H2;2*1H/q+2;;/p-2. The first-order chi connectivity index (χ1) is 12.6. The second kappa shape index (κ2) is 13.6. The Hall–Kier alpha value is -2.56. The third-order valence-electron chi connectivity index (χ3n) is 4.78. The van der Waals surface area contributed by atoms with Crippen molar-refractivity contribution >= 4 is 11.4 Å². The Balaban J connectivity index is 0. The lowest BCUT2D eigenvalue weighted by Gasteiger charge is -2.42. The predicted octanol–water partition coefficient (Wildman–Crippen LogP) is -0.575. The van der Waals surface area contributed by atoms with E-state index < -0.39 is 0 Å². The van der Waals surface area contributed by atoms with Crippen LogP contribution in [0.2, 0.25) is 0 Å². The van der Waals surface area contributed by atoms with Gasteiger partial charge in [-0.1, -0.05) is 51.6 Å². The first kappa shape index (κ1) is 27.7. The molecular weight excluding hydrogens is 354 g/mol. The Labute approximate surface area is 169 Å². The molecule has 0 bridgehead atoms. The topological polar surface area (TPSA) is 0 Å². The molecule has 0 amide bonds. The molecule has 28 heavy (non-hydrogen) atoms. The maximum atomic E-state index is 4.00. The molecule has 0 saturated heterocycles. The summed E-state index contributed by atoms with van der Waals surface area (Å²) in [5.41, 5.74) is 2.52. The Bertz CT molecular complexity index is 554. The maximum Gasteiger partial charge on any atom is 0.195 e. The smallest absolute Gasteiger partial charge is 0.195 e. The quantitative estimate of drug-likeness (QED) is 0.296. The van der Waals surface area contributed by atoms with Gasteiger partial charge in [-0.3, -0.25) is 8.97 Å². The largest absolute Gasteiger partial charge is 1.00 e. The average molecular weight is 389 g/mol. The molecule has 0 atom stereocenters. The van der Waals surface area contributed by atoms with Crippen LogP contribution in [0.3, 0.4) is 0 Å². The van der Waals surface area contributed by atoms with E-state index in [0.717, 1.165) is 48.2 Å². The molecule has 4 heteroatoms. The highest BCUT2D eigenvalue weighted by Gasteiger charge is 2.38. The summed E-state index contributed by atoms with van der Waals surface area (Å²) in [6.45, 7) is 28.9. The number of rotatable bonds is 14. The van der Waals surface area contributed by atoms with Crippen LogP contribution in [0.5, 0.6) is 0 Å². The fourth-order valence-corrected chi connectivity index (χ4v) is 3.79. The van der Waals surface area contributed by atoms with Crippen molar-refractivity contribution < 1.29 is 9.41 Å². The number of nitrogens with zero attached hydrogens (tertiary/aromatic N) is 2. The summed E-state index contributed by atoms with van der Waals surface area (Å²) in [4.78, 5) is 0. The van der Waals surface area contributed by atoms with Crippen LogP contribution in [0, 0.1) is 0 Å². The van der Waals surface area contributed by atoms with Gasteiger partial charge >= 0.3 is 0 Å². The lowest BCUT2D eigenvalue weighted by molar-refractivity contribution is -0.001000. The highest BCUT2D eigenvalue weighted by Crippen LogP contribution is 2.38. The summed E-state index contributed by atoms with van der Waals surface area (Å²) in [6.07, 6.45) is 11.9. The Morgan fingerprint density at radius 2 is 0.714 bits per heavy atom. The minimum Gasteiger partial charge on any atom is -1.00 e. The zero-order valence-electron chi connectivity index (χ0n) is 16.9. The average Bonchev–Trinajstić information content (AvgIpc) is 2.63. The number of para-hydroxylation sites is 2. The van der Waals surface area contributed by atoms with Crippen molar-refractivity contribution in [1.29, 1.82) is 0 Å². The number of hydrogen-bond acceptors (Lipinski definition) is 0. The summed E-state index contributed by atoms with van der Waals surface area (Å²) < 4.78 is 1.44. The lowest BCUT2D eigenvalue weighted by atomic mass is 10.1. The fourth-order valence-electron chi connectivity index (χ4n) is 3.79. The van der Waals surface area contributed by atoms with E-state index in [4.69, 9.17) is 0 Å². The van der Waals surface area contributed by atoms with Crippen LogP contribution in [0.25, 0.3) is 0 Å². The van der Waals surface area contributed by atoms with E-state index in [0.29, 0.717) is 0 Å². The highest BCUT2D eigenvalue weighted by atomic mass is 19.0. The van der Waals surface area contributed by atoms with Gasteiger partial charge in [0.05, 0.1) is 0 Å². The van der Waals surface area contributed by atoms with Gasteiger partial charge in [-0.05, 0) is 36.5 Å². The van der Waals surface area contributed by atoms with Gasteiger partial charge in [0, 0.05) is 12.1 Å². The van der Waals surface area contributed by atoms with Crippen LogP contribution >= 0.6 is 0 Å². The number of hydrogen-bond donors (Lipinski definition) is 0. The number of benzene rings is 1. The fraction of sp³-hybridized carbons (Fsp3) is 0.250. The van der Waals surface area contributed by atoms with Crippen LogP contribution in [0.15, 0.2) is 100 Å². The molecule has 1 aromatic rings. The lowest BCUT2D eigenvalue weighted by Crippen LogP contribution is -3.00. The van der Waals surface area contributed by atoms with Gasteiger partial charge in [-0.15, -0.1) is 0 Å². The van der Waals surface area contributed by atoms with Crippen LogP contribution in [0.1, 0.15) is 0 Å². The van der Waals surface area contributed by atoms with E-state index in [1.165, 1.54) is 11.4 Å². The van der Waals surface area contributed by atoms with E-state index in [-0.39, 0.29) is 9.41 Å². The molecule has 0 aliphatic rings. The van der Waals surface area contributed by atoms with Crippen molar-refractivity contribution in [3.05, 3.63) is 100 Å². The molecule has 0 aliphatic carbocycles. The monoisotopic (exact) mass is 388 g/mol. The molecule has 0 aliphatic heterocycles. The van der Waals surface area contributed by atoms with E-state index >= 15 is 0 Å². The Morgan fingerprint density at radius 1 is 0.500 bits per heavy atom. The van der Waals surface area contributed by atoms with Gasteiger partial charge in [0.1, 0.15) is 39.3 Å². The predicted molar refractivity (Wildman–Crippen MR) is 120 cm³/mol. The van der Waals surface area contributed by atoms with Gasteiger partial charge in [0.2, 0.25) is 0 Å². The molecule has 0 saturated carbocycles. The molecule has 2 nitrogen and oxygen atoms in total. The van der Waals surface area contributed by atoms with Crippen molar-refractivity contribution in [3.8, 4) is 0 Å². The molecule has 1 rings (SSSR count). The minimum absolute atomic E-state index is 0. The first-order valence-corrected chi connectivity index (χ1v) is 9.07. The maximum absolute atomic E-state index is 4.00. The molecule has 0 aromatic heterocycles. The van der Waals surface area contributed by atoms with Gasteiger partial charge in [-0.2, -0.15) is 0 Å². The SMILES string of the molecule is C=CC[N+](CC=C)(CC=C)c1ccccc1[N+](CC=C)(CC=C)CC=C.[F-].[F-]. The summed E-state index contributed by atoms with van der Waals surface area (Å²) in [6, 6.07) is 8.64. The molecular formula is C24H34F2N2. The van der Waals surface area contributed by atoms with Gasteiger partial charge < -0.3 is 9.41 Å². The minimum atomic E-state index is 0. The summed E-state index contributed by atoms with van der Waals surface area (Å²) in [7, 11) is 0. The molecule has 154 valence electrons. The zero-order chi connectivity index (χ0) is 19.5. The van der Waals surface area contributed by atoms with Crippen molar-refractivity contribution in [2.24, 2.45) is 0 Å². The highest BCUT2D eigenvalue weighted by molar-refractivity contribution is 5.68. The number of halogens is 2. The second-order valence-corrected chi connectivity index (χ2v) is 6.61. The van der Waals surface area contributed by atoms with E-state index in [1.807, 2.05) is 36.5 Å². The Morgan fingerprint density at radius 3 is 0.893 bits per heavy atom. The summed E-state index contributed by atoms with van der Waals surface area (Å²) in [5.74, 6) is 0. The van der Waals surface area contributed by atoms with Crippen LogP contribution in [-0.4, -0.2) is 39.3 Å². The number of quaternary nitrogens is 2. The van der Waals surface area contributed by atoms with Crippen molar-refractivity contribution in [2.75, 3.05) is 39.3 Å². The van der Waals surface area contributed by atoms with E-state index in [2.05, 4.69) is 63.7 Å². The molecule has 1 aromatic carbocycles. The van der Waals surface area contributed by atoms with Gasteiger partial charge in [-0.25, -0.2) is 0 Å². The molecule has 0 unspecified atom stereocenters. The molecule has 0 heterocycles. The third kappa shape index (κ3) is 5.98.